The Balaban J connectivity index is 1.59. The van der Waals surface area contributed by atoms with E-state index in [1.165, 1.54) is 18.9 Å². The first kappa shape index (κ1) is 23.3. The highest BCUT2D eigenvalue weighted by atomic mass is 16.5. The number of aliphatic carboxylic acids is 1. The lowest BCUT2D eigenvalue weighted by Crippen LogP contribution is -2.51. The lowest BCUT2D eigenvalue weighted by atomic mass is 9.98. The zero-order valence-corrected chi connectivity index (χ0v) is 18.4. The third-order valence-electron chi connectivity index (χ3n) is 5.78. The molecule has 0 saturated carbocycles. The second kappa shape index (κ2) is 10.3. The fraction of sp³-hybridized carbons (Fsp3) is 0.375. The number of benzene rings is 2. The molecule has 8 heteroatoms. The topological polar surface area (TPSA) is 105 Å². The van der Waals surface area contributed by atoms with Crippen LogP contribution in [0.3, 0.4) is 0 Å². The van der Waals surface area contributed by atoms with Crippen LogP contribution < -0.4 is 5.32 Å². The third-order valence-corrected chi connectivity index (χ3v) is 5.78. The molecule has 0 heterocycles. The van der Waals surface area contributed by atoms with Gasteiger partial charge in [0, 0.05) is 19.6 Å². The maximum absolute atomic E-state index is 12.7. The molecule has 170 valence electrons. The second-order valence-electron chi connectivity index (χ2n) is 7.57. The summed E-state index contributed by atoms with van der Waals surface area (Å²) in [5, 5.41) is 11.7. The minimum absolute atomic E-state index is 0.0694. The summed E-state index contributed by atoms with van der Waals surface area (Å²) < 4.78 is 10.7. The maximum atomic E-state index is 12.7. The predicted octanol–water partition coefficient (Wildman–Crippen LogP) is 2.86. The van der Waals surface area contributed by atoms with Crippen LogP contribution in [0.25, 0.3) is 11.1 Å². The Bertz CT molecular complexity index is 946. The number of fused-ring (bicyclic) bond motifs is 3. The summed E-state index contributed by atoms with van der Waals surface area (Å²) in [6, 6.07) is 15.1. The molecule has 2 aromatic carbocycles. The minimum Gasteiger partial charge on any atom is -0.480 e. The Morgan fingerprint density at radius 2 is 1.62 bits per heavy atom. The van der Waals surface area contributed by atoms with Gasteiger partial charge in [0.05, 0.1) is 6.54 Å². The van der Waals surface area contributed by atoms with Crippen LogP contribution in [-0.4, -0.2) is 66.9 Å². The van der Waals surface area contributed by atoms with E-state index in [0.717, 1.165) is 22.3 Å². The summed E-state index contributed by atoms with van der Waals surface area (Å²) in [5.74, 6) is -1.69. The molecule has 0 radical (unpaired) electrons. The van der Waals surface area contributed by atoms with E-state index in [9.17, 15) is 19.5 Å². The number of amides is 2. The molecule has 2 atom stereocenters. The van der Waals surface area contributed by atoms with Crippen molar-refractivity contribution in [2.24, 2.45) is 0 Å². The number of hydrogen-bond acceptors (Lipinski definition) is 5. The highest BCUT2D eigenvalue weighted by molar-refractivity contribution is 5.86. The summed E-state index contributed by atoms with van der Waals surface area (Å²) in [5.41, 5.74) is 4.48. The molecular formula is C24H28N2O6. The Labute approximate surface area is 187 Å². The summed E-state index contributed by atoms with van der Waals surface area (Å²) >= 11 is 0. The van der Waals surface area contributed by atoms with Crippen molar-refractivity contribution in [3.05, 3.63) is 59.7 Å². The smallest absolute Gasteiger partial charge is 0.407 e. The Morgan fingerprint density at radius 1 is 1.06 bits per heavy atom. The number of carboxylic acids is 1. The van der Waals surface area contributed by atoms with Gasteiger partial charge in [-0.25, -0.2) is 9.59 Å². The standard InChI is InChI=1S/C24H28N2O6/c1-4-26(15(2)23(28)29)22(27)21(31-3)13-25-24(30)32-14-20-18-11-7-5-9-16(18)17-10-6-8-12-19(17)20/h5-12,15,20-21H,4,13-14H2,1-3H3,(H,25,30)(H,28,29). The van der Waals surface area contributed by atoms with E-state index in [0.29, 0.717) is 0 Å². The van der Waals surface area contributed by atoms with Gasteiger partial charge in [-0.05, 0) is 36.1 Å². The number of methoxy groups -OCH3 is 1. The summed E-state index contributed by atoms with van der Waals surface area (Å²) in [6.45, 7) is 3.34. The van der Waals surface area contributed by atoms with Crippen LogP contribution in [0.15, 0.2) is 48.5 Å². The zero-order valence-electron chi connectivity index (χ0n) is 18.4. The lowest BCUT2D eigenvalue weighted by Gasteiger charge is -2.28. The molecule has 0 spiro atoms. The number of likely N-dealkylation sites (N-methyl/N-ethyl adjacent to an activating group) is 1. The monoisotopic (exact) mass is 440 g/mol. The molecule has 2 aromatic rings. The zero-order chi connectivity index (χ0) is 23.3. The first-order valence-electron chi connectivity index (χ1n) is 10.5. The fourth-order valence-corrected chi connectivity index (χ4v) is 4.04. The average Bonchev–Trinajstić information content (AvgIpc) is 3.12. The van der Waals surface area contributed by atoms with Crippen molar-refractivity contribution in [2.75, 3.05) is 26.8 Å². The van der Waals surface area contributed by atoms with Gasteiger partial charge in [-0.2, -0.15) is 0 Å². The van der Waals surface area contributed by atoms with Crippen molar-refractivity contribution in [1.82, 2.24) is 10.2 Å². The Hall–Kier alpha value is -3.39. The molecule has 2 unspecified atom stereocenters. The van der Waals surface area contributed by atoms with Gasteiger partial charge < -0.3 is 24.8 Å². The van der Waals surface area contributed by atoms with Crippen LogP contribution >= 0.6 is 0 Å². The average molecular weight is 440 g/mol. The SMILES string of the molecule is CCN(C(=O)C(CNC(=O)OCC1c2ccccc2-c2ccccc21)OC)C(C)C(=O)O. The largest absolute Gasteiger partial charge is 0.480 e. The van der Waals surface area contributed by atoms with E-state index in [-0.39, 0.29) is 25.6 Å². The van der Waals surface area contributed by atoms with E-state index in [4.69, 9.17) is 9.47 Å². The van der Waals surface area contributed by atoms with Crippen LogP contribution in [-0.2, 0) is 19.1 Å². The van der Waals surface area contributed by atoms with Crippen LogP contribution in [0.4, 0.5) is 4.79 Å². The normalized spacial score (nSPS) is 14.1. The van der Waals surface area contributed by atoms with Crippen molar-refractivity contribution in [1.29, 1.82) is 0 Å². The van der Waals surface area contributed by atoms with Gasteiger partial charge in [-0.1, -0.05) is 48.5 Å². The minimum atomic E-state index is -1.11. The molecule has 3 rings (SSSR count). The molecule has 1 aliphatic rings. The number of carboxylic acid groups (broad SMARTS) is 1. The molecule has 2 amide bonds. The first-order chi connectivity index (χ1) is 15.4. The van der Waals surface area contributed by atoms with Crippen LogP contribution in [0, 0.1) is 0 Å². The first-order valence-corrected chi connectivity index (χ1v) is 10.5. The number of rotatable bonds is 9. The summed E-state index contributed by atoms with van der Waals surface area (Å²) in [6.07, 6.45) is -1.69. The molecule has 1 aliphatic carbocycles. The molecule has 0 bridgehead atoms. The van der Waals surface area contributed by atoms with Crippen LogP contribution in [0.5, 0.6) is 0 Å². The number of carbonyl (C=O) groups excluding carboxylic acids is 2. The van der Waals surface area contributed by atoms with Crippen molar-refractivity contribution >= 4 is 18.0 Å². The van der Waals surface area contributed by atoms with Crippen molar-refractivity contribution in [3.63, 3.8) is 0 Å². The quantitative estimate of drug-likeness (QED) is 0.621. The van der Waals surface area contributed by atoms with Gasteiger partial charge >= 0.3 is 12.1 Å². The number of nitrogens with zero attached hydrogens (tertiary/aromatic N) is 1. The summed E-state index contributed by atoms with van der Waals surface area (Å²) in [7, 11) is 1.33. The molecule has 0 aromatic heterocycles. The van der Waals surface area contributed by atoms with E-state index in [1.807, 2.05) is 36.4 Å². The van der Waals surface area contributed by atoms with E-state index < -0.39 is 30.1 Å². The molecule has 0 fully saturated rings. The van der Waals surface area contributed by atoms with Gasteiger partial charge in [0.25, 0.3) is 5.91 Å². The van der Waals surface area contributed by atoms with Crippen LogP contribution in [0.2, 0.25) is 0 Å². The molecule has 0 saturated heterocycles. The number of carbonyl (C=O) groups is 3. The van der Waals surface area contributed by atoms with Crippen molar-refractivity contribution in [2.45, 2.75) is 31.9 Å². The fourth-order valence-electron chi connectivity index (χ4n) is 4.04. The lowest BCUT2D eigenvalue weighted by molar-refractivity contribution is -0.154. The Morgan fingerprint density at radius 3 is 2.12 bits per heavy atom. The van der Waals surface area contributed by atoms with Crippen molar-refractivity contribution < 1.29 is 29.0 Å². The van der Waals surface area contributed by atoms with Gasteiger partial charge in [-0.15, -0.1) is 0 Å². The number of ether oxygens (including phenoxy) is 2. The van der Waals surface area contributed by atoms with E-state index in [2.05, 4.69) is 17.4 Å². The molecule has 32 heavy (non-hydrogen) atoms. The van der Waals surface area contributed by atoms with Gasteiger partial charge in [0.15, 0.2) is 6.10 Å². The molecule has 8 nitrogen and oxygen atoms in total. The molecule has 0 aliphatic heterocycles. The van der Waals surface area contributed by atoms with Crippen LogP contribution in [0.1, 0.15) is 30.9 Å². The number of alkyl carbamates (subject to hydrolysis) is 1. The second-order valence-corrected chi connectivity index (χ2v) is 7.57. The van der Waals surface area contributed by atoms with E-state index in [1.54, 1.807) is 6.92 Å². The van der Waals surface area contributed by atoms with Gasteiger partial charge in [0.1, 0.15) is 12.6 Å². The molecule has 2 N–H and O–H groups in total. The van der Waals surface area contributed by atoms with Crippen molar-refractivity contribution in [3.8, 4) is 11.1 Å². The number of nitrogens with one attached hydrogen (secondary N) is 1. The van der Waals surface area contributed by atoms with Gasteiger partial charge in [0.2, 0.25) is 0 Å². The highest BCUT2D eigenvalue weighted by Crippen LogP contribution is 2.44. The molecular weight excluding hydrogens is 412 g/mol. The highest BCUT2D eigenvalue weighted by Gasteiger charge is 2.31. The Kier molecular flexibility index (Phi) is 7.48. The van der Waals surface area contributed by atoms with Gasteiger partial charge in [-0.3, -0.25) is 4.79 Å². The number of hydrogen-bond donors (Lipinski definition) is 2. The predicted molar refractivity (Wildman–Crippen MR) is 118 cm³/mol. The van der Waals surface area contributed by atoms with E-state index >= 15 is 0 Å². The summed E-state index contributed by atoms with van der Waals surface area (Å²) in [4.78, 5) is 37.4. The third kappa shape index (κ3) is 4.75. The maximum Gasteiger partial charge on any atom is 0.407 e.